The number of aliphatic hydroxyl groups excluding tert-OH is 1. The number of amides is 2. The maximum atomic E-state index is 12.9. The molecule has 2 amide bonds. The van der Waals surface area contributed by atoms with Crippen molar-refractivity contribution in [2.24, 2.45) is 11.8 Å². The number of benzene rings is 1. The van der Waals surface area contributed by atoms with Crippen LogP contribution in [0.4, 0.5) is 5.69 Å². The molecule has 4 rings (SSSR count). The van der Waals surface area contributed by atoms with Crippen molar-refractivity contribution >= 4 is 23.5 Å². The molecule has 4 atom stereocenters. The van der Waals surface area contributed by atoms with E-state index in [2.05, 4.69) is 4.74 Å². The lowest BCUT2D eigenvalue weighted by atomic mass is 9.77. The van der Waals surface area contributed by atoms with Crippen LogP contribution < -0.4 is 4.90 Å². The number of fused-ring (bicyclic) bond motifs is 5. The molecular weight excluding hydrogens is 314 g/mol. The fourth-order valence-corrected chi connectivity index (χ4v) is 3.83. The van der Waals surface area contributed by atoms with Crippen molar-refractivity contribution in [1.82, 2.24) is 0 Å². The standard InChI is InChI=1S/C17H15NO6/c1-23-16(22)9-3-2-4-10(7-9)18-14(20)12-11-5-6-17(8-19,24-11)13(12)15(18)21/h2-7,11-13,19H,8H2,1H3/t11-,12-,13-,17-/m0/s1. The van der Waals surface area contributed by atoms with E-state index in [4.69, 9.17) is 4.74 Å². The first-order chi connectivity index (χ1) is 11.5. The number of hydrogen-bond donors (Lipinski definition) is 1. The topological polar surface area (TPSA) is 93.1 Å². The van der Waals surface area contributed by atoms with Crippen molar-refractivity contribution in [2.45, 2.75) is 11.7 Å². The smallest absolute Gasteiger partial charge is 0.337 e. The Morgan fingerprint density at radius 1 is 1.38 bits per heavy atom. The Bertz CT molecular complexity index is 787. The average molecular weight is 329 g/mol. The molecule has 1 aromatic carbocycles. The molecule has 3 heterocycles. The summed E-state index contributed by atoms with van der Waals surface area (Å²) in [6, 6.07) is 6.17. The molecule has 0 saturated carbocycles. The predicted octanol–water partition coefficient (Wildman–Crippen LogP) is 0.278. The Morgan fingerprint density at radius 3 is 2.88 bits per heavy atom. The number of carbonyl (C=O) groups excluding carboxylic acids is 3. The molecule has 7 nitrogen and oxygen atoms in total. The van der Waals surface area contributed by atoms with Crippen LogP contribution in [-0.4, -0.2) is 48.3 Å². The Hall–Kier alpha value is -2.51. The van der Waals surface area contributed by atoms with Crippen LogP contribution in [0.1, 0.15) is 10.4 Å². The molecule has 1 aromatic rings. The molecule has 0 unspecified atom stereocenters. The van der Waals surface area contributed by atoms with Crippen LogP contribution in [0.3, 0.4) is 0 Å². The maximum absolute atomic E-state index is 12.9. The van der Waals surface area contributed by atoms with E-state index in [1.165, 1.54) is 13.2 Å². The fourth-order valence-electron chi connectivity index (χ4n) is 3.83. The Morgan fingerprint density at radius 2 is 2.17 bits per heavy atom. The first-order valence-corrected chi connectivity index (χ1v) is 7.56. The number of ether oxygens (including phenoxy) is 2. The molecule has 0 aromatic heterocycles. The number of anilines is 1. The molecule has 3 aliphatic heterocycles. The summed E-state index contributed by atoms with van der Waals surface area (Å²) < 4.78 is 10.3. The molecule has 2 fully saturated rings. The molecule has 2 bridgehead atoms. The molecule has 24 heavy (non-hydrogen) atoms. The van der Waals surface area contributed by atoms with Crippen LogP contribution in [0.2, 0.25) is 0 Å². The van der Waals surface area contributed by atoms with E-state index in [1.54, 1.807) is 30.4 Å². The van der Waals surface area contributed by atoms with Gasteiger partial charge in [-0.1, -0.05) is 18.2 Å². The normalized spacial score (nSPS) is 33.2. The number of hydrogen-bond acceptors (Lipinski definition) is 6. The summed E-state index contributed by atoms with van der Waals surface area (Å²) in [5.41, 5.74) is -0.562. The van der Waals surface area contributed by atoms with Gasteiger partial charge in [0.2, 0.25) is 11.8 Å². The van der Waals surface area contributed by atoms with Gasteiger partial charge in [-0.2, -0.15) is 0 Å². The quantitative estimate of drug-likeness (QED) is 0.486. The number of esters is 1. The molecular formula is C17H15NO6. The zero-order valence-corrected chi connectivity index (χ0v) is 12.8. The summed E-state index contributed by atoms with van der Waals surface area (Å²) in [6.07, 6.45) is 2.88. The number of nitrogens with zero attached hydrogens (tertiary/aromatic N) is 1. The summed E-state index contributed by atoms with van der Waals surface area (Å²) in [7, 11) is 1.26. The van der Waals surface area contributed by atoms with E-state index < -0.39 is 35.4 Å². The number of methoxy groups -OCH3 is 1. The number of imide groups is 1. The average Bonchev–Trinajstić information content (AvgIpc) is 3.25. The van der Waals surface area contributed by atoms with E-state index in [0.29, 0.717) is 5.69 Å². The zero-order chi connectivity index (χ0) is 17.1. The van der Waals surface area contributed by atoms with Crippen LogP contribution in [0.5, 0.6) is 0 Å². The highest BCUT2D eigenvalue weighted by Crippen LogP contribution is 2.52. The van der Waals surface area contributed by atoms with Crippen LogP contribution in [0.15, 0.2) is 36.4 Å². The number of rotatable bonds is 3. The van der Waals surface area contributed by atoms with Crippen molar-refractivity contribution in [3.05, 3.63) is 42.0 Å². The molecule has 3 aliphatic rings. The van der Waals surface area contributed by atoms with E-state index in [1.807, 2.05) is 0 Å². The first-order valence-electron chi connectivity index (χ1n) is 7.56. The van der Waals surface area contributed by atoms with Gasteiger partial charge in [0.1, 0.15) is 5.60 Å². The molecule has 7 heteroatoms. The van der Waals surface area contributed by atoms with Gasteiger partial charge in [-0.15, -0.1) is 0 Å². The van der Waals surface area contributed by atoms with Gasteiger partial charge in [-0.25, -0.2) is 9.69 Å². The van der Waals surface area contributed by atoms with Crippen molar-refractivity contribution in [3.63, 3.8) is 0 Å². The summed E-state index contributed by atoms with van der Waals surface area (Å²) in [5.74, 6) is -2.74. The van der Waals surface area contributed by atoms with Crippen LogP contribution in [0.25, 0.3) is 0 Å². The second-order valence-corrected chi connectivity index (χ2v) is 6.11. The highest BCUT2D eigenvalue weighted by atomic mass is 16.5. The largest absolute Gasteiger partial charge is 0.465 e. The number of aliphatic hydroxyl groups is 1. The molecule has 2 saturated heterocycles. The Balaban J connectivity index is 1.73. The van der Waals surface area contributed by atoms with Crippen molar-refractivity contribution in [3.8, 4) is 0 Å². The van der Waals surface area contributed by atoms with Gasteiger partial charge in [0.05, 0.1) is 42.9 Å². The maximum Gasteiger partial charge on any atom is 0.337 e. The van der Waals surface area contributed by atoms with Crippen LogP contribution in [-0.2, 0) is 19.1 Å². The Labute approximate surface area is 137 Å². The second-order valence-electron chi connectivity index (χ2n) is 6.11. The SMILES string of the molecule is COC(=O)c1cccc(N2C(=O)[C@H]3[C@@H]4C=C[C@@](CO)(O4)[C@@H]3C2=O)c1. The fraction of sp³-hybridized carbons (Fsp3) is 0.353. The monoisotopic (exact) mass is 329 g/mol. The van der Waals surface area contributed by atoms with E-state index >= 15 is 0 Å². The Kier molecular flexibility index (Phi) is 3.13. The van der Waals surface area contributed by atoms with Crippen molar-refractivity contribution in [1.29, 1.82) is 0 Å². The van der Waals surface area contributed by atoms with Crippen LogP contribution >= 0.6 is 0 Å². The molecule has 124 valence electrons. The van der Waals surface area contributed by atoms with Gasteiger partial charge in [0.15, 0.2) is 0 Å². The second kappa shape index (κ2) is 4.99. The van der Waals surface area contributed by atoms with Gasteiger partial charge in [0.25, 0.3) is 0 Å². The zero-order valence-electron chi connectivity index (χ0n) is 12.8. The third kappa shape index (κ3) is 1.76. The molecule has 0 spiro atoms. The van der Waals surface area contributed by atoms with E-state index in [9.17, 15) is 19.5 Å². The third-order valence-corrected chi connectivity index (χ3v) is 4.93. The molecule has 0 radical (unpaired) electrons. The predicted molar refractivity (Wildman–Crippen MR) is 81.1 cm³/mol. The van der Waals surface area contributed by atoms with Gasteiger partial charge in [-0.3, -0.25) is 9.59 Å². The van der Waals surface area contributed by atoms with Gasteiger partial charge >= 0.3 is 5.97 Å². The summed E-state index contributed by atoms with van der Waals surface area (Å²) in [6.45, 7) is -0.365. The van der Waals surface area contributed by atoms with Gasteiger partial charge in [-0.05, 0) is 18.2 Å². The van der Waals surface area contributed by atoms with E-state index in [0.717, 1.165) is 4.90 Å². The molecule has 1 N–H and O–H groups in total. The lowest BCUT2D eigenvalue weighted by Crippen LogP contribution is -2.43. The van der Waals surface area contributed by atoms with Gasteiger partial charge in [0, 0.05) is 0 Å². The number of carbonyl (C=O) groups is 3. The minimum Gasteiger partial charge on any atom is -0.465 e. The van der Waals surface area contributed by atoms with E-state index in [-0.39, 0.29) is 18.1 Å². The van der Waals surface area contributed by atoms with Gasteiger partial charge < -0.3 is 14.6 Å². The summed E-state index contributed by atoms with van der Waals surface area (Å²) in [5, 5.41) is 9.68. The lowest BCUT2D eigenvalue weighted by Gasteiger charge is -2.26. The van der Waals surface area contributed by atoms with Crippen molar-refractivity contribution < 1.29 is 29.0 Å². The highest BCUT2D eigenvalue weighted by Gasteiger charge is 2.67. The van der Waals surface area contributed by atoms with Crippen molar-refractivity contribution in [2.75, 3.05) is 18.6 Å². The first kappa shape index (κ1) is 15.0. The summed E-state index contributed by atoms with van der Waals surface area (Å²) >= 11 is 0. The summed E-state index contributed by atoms with van der Waals surface area (Å²) in [4.78, 5) is 38.4. The molecule has 0 aliphatic carbocycles. The lowest BCUT2D eigenvalue weighted by molar-refractivity contribution is -0.128. The van der Waals surface area contributed by atoms with Crippen LogP contribution in [0, 0.1) is 11.8 Å². The minimum atomic E-state index is -1.13. The minimum absolute atomic E-state index is 0.252. The third-order valence-electron chi connectivity index (χ3n) is 4.93. The highest BCUT2D eigenvalue weighted by molar-refractivity contribution is 6.23.